The molecule has 0 spiro atoms. The summed E-state index contributed by atoms with van der Waals surface area (Å²) in [6.07, 6.45) is 1.88. The van der Waals surface area contributed by atoms with Crippen molar-refractivity contribution in [1.82, 2.24) is 34.6 Å². The minimum absolute atomic E-state index is 0.170. The van der Waals surface area contributed by atoms with E-state index in [4.69, 9.17) is 10.8 Å². The lowest BCUT2D eigenvalue weighted by Gasteiger charge is -2.28. The highest BCUT2D eigenvalue weighted by molar-refractivity contribution is 5.99. The third kappa shape index (κ3) is 4.22. The number of imidazole rings is 1. The predicted octanol–water partition coefficient (Wildman–Crippen LogP) is 3.79. The maximum atomic E-state index is 13.5. The molecule has 0 saturated carbocycles. The van der Waals surface area contributed by atoms with Crippen LogP contribution in [-0.4, -0.2) is 52.2 Å². The van der Waals surface area contributed by atoms with Crippen LogP contribution in [0.2, 0.25) is 0 Å². The van der Waals surface area contributed by atoms with Gasteiger partial charge in [0.2, 0.25) is 0 Å². The normalized spacial score (nSPS) is 12.1. The van der Waals surface area contributed by atoms with Gasteiger partial charge in [-0.05, 0) is 24.3 Å². The van der Waals surface area contributed by atoms with Gasteiger partial charge in [0.15, 0.2) is 11.9 Å². The fourth-order valence-corrected chi connectivity index (χ4v) is 4.56. The van der Waals surface area contributed by atoms with Crippen LogP contribution in [0.3, 0.4) is 0 Å². The number of nitrogens with one attached hydrogen (secondary N) is 1. The highest BCUT2D eigenvalue weighted by Crippen LogP contribution is 2.31. The molecule has 3 aromatic heterocycles. The minimum Gasteiger partial charge on any atom is -0.383 e. The fraction of sp³-hybridized carbons (Fsp3) is 0.107. The van der Waals surface area contributed by atoms with Crippen LogP contribution in [0.15, 0.2) is 91.5 Å². The first kappa shape index (κ1) is 23.3. The summed E-state index contributed by atoms with van der Waals surface area (Å²) in [4.78, 5) is 31.0. The maximum absolute atomic E-state index is 13.5. The highest BCUT2D eigenvalue weighted by Gasteiger charge is 2.25. The van der Waals surface area contributed by atoms with Gasteiger partial charge in [0, 0.05) is 23.2 Å². The Morgan fingerprint density at radius 3 is 2.55 bits per heavy atom. The van der Waals surface area contributed by atoms with Gasteiger partial charge in [-0.25, -0.2) is 19.6 Å². The topological polar surface area (TPSA) is 139 Å². The number of aliphatic hydroxyl groups excluding tert-OH is 1. The molecule has 0 aliphatic heterocycles. The summed E-state index contributed by atoms with van der Waals surface area (Å²) in [7, 11) is 0. The van der Waals surface area contributed by atoms with E-state index < -0.39 is 6.23 Å². The molecule has 188 valence electrons. The number of hydrogen-bond acceptors (Lipinski definition) is 7. The Bertz CT molecular complexity index is 1730. The number of carbonyl (C=O) groups excluding carboxylic acids is 1. The Labute approximate surface area is 217 Å². The summed E-state index contributed by atoms with van der Waals surface area (Å²) in [6.45, 7) is 0.436. The molecule has 3 heterocycles. The molecule has 38 heavy (non-hydrogen) atoms. The molecule has 0 aliphatic carbocycles. The summed E-state index contributed by atoms with van der Waals surface area (Å²) in [6, 6.07) is 23.8. The van der Waals surface area contributed by atoms with Gasteiger partial charge in [0.05, 0.1) is 29.3 Å². The van der Waals surface area contributed by atoms with Crippen LogP contribution in [-0.2, 0) is 6.54 Å². The molecule has 4 N–H and O–H groups in total. The molecule has 6 rings (SSSR count). The molecule has 1 amide bonds. The minimum atomic E-state index is -1.15. The zero-order chi connectivity index (χ0) is 26.1. The van der Waals surface area contributed by atoms with Crippen molar-refractivity contribution in [3.8, 4) is 11.3 Å². The summed E-state index contributed by atoms with van der Waals surface area (Å²) in [5, 5.41) is 16.7. The first-order valence-electron chi connectivity index (χ1n) is 12.1. The second kappa shape index (κ2) is 9.75. The number of fused-ring (bicyclic) bond motifs is 2. The monoisotopic (exact) mass is 504 g/mol. The Morgan fingerprint density at radius 1 is 1.00 bits per heavy atom. The molecule has 3 aromatic carbocycles. The molecule has 10 nitrogen and oxygen atoms in total. The Morgan fingerprint density at radius 2 is 1.76 bits per heavy atom. The molecule has 0 saturated heterocycles. The van der Waals surface area contributed by atoms with E-state index >= 15 is 0 Å². The fourth-order valence-electron chi connectivity index (χ4n) is 4.56. The smallest absolute Gasteiger partial charge is 0.256 e. The molecule has 6 aromatic rings. The van der Waals surface area contributed by atoms with Crippen LogP contribution in [0, 0.1) is 0 Å². The second-order valence-electron chi connectivity index (χ2n) is 8.81. The quantitative estimate of drug-likeness (QED) is 0.281. The van der Waals surface area contributed by atoms with E-state index in [2.05, 4.69) is 19.9 Å². The molecule has 10 heteroatoms. The number of rotatable bonds is 7. The summed E-state index contributed by atoms with van der Waals surface area (Å²) in [5.41, 5.74) is 11.1. The van der Waals surface area contributed by atoms with Crippen LogP contribution >= 0.6 is 0 Å². The lowest BCUT2D eigenvalue weighted by Crippen LogP contribution is -2.37. The van der Waals surface area contributed by atoms with Crippen molar-refractivity contribution >= 4 is 33.8 Å². The van der Waals surface area contributed by atoms with Crippen molar-refractivity contribution < 1.29 is 9.90 Å². The maximum Gasteiger partial charge on any atom is 0.256 e. The lowest BCUT2D eigenvalue weighted by molar-refractivity contribution is 0.00464. The first-order chi connectivity index (χ1) is 18.6. The van der Waals surface area contributed by atoms with E-state index in [0.29, 0.717) is 33.7 Å². The van der Waals surface area contributed by atoms with Gasteiger partial charge in [0.1, 0.15) is 17.8 Å². The number of hydrogen-bond donors (Lipinski definition) is 3. The number of aromatic amines is 1. The largest absolute Gasteiger partial charge is 0.383 e. The number of anilines is 1. The van der Waals surface area contributed by atoms with Crippen molar-refractivity contribution in [3.05, 3.63) is 103 Å². The summed E-state index contributed by atoms with van der Waals surface area (Å²) >= 11 is 0. The number of nitrogens with zero attached hydrogens (tertiary/aromatic N) is 6. The molecule has 0 aliphatic rings. The summed E-state index contributed by atoms with van der Waals surface area (Å²) in [5.74, 6) is 0.0139. The van der Waals surface area contributed by atoms with E-state index in [0.717, 1.165) is 16.6 Å². The van der Waals surface area contributed by atoms with E-state index in [1.165, 1.54) is 11.2 Å². The second-order valence-corrected chi connectivity index (χ2v) is 8.81. The summed E-state index contributed by atoms with van der Waals surface area (Å²) < 4.78 is 1.70. The van der Waals surface area contributed by atoms with Crippen molar-refractivity contribution in [2.24, 2.45) is 0 Å². The van der Waals surface area contributed by atoms with Gasteiger partial charge >= 0.3 is 0 Å². The third-order valence-electron chi connectivity index (χ3n) is 6.48. The number of aliphatic hydroxyl groups is 1. The van der Waals surface area contributed by atoms with E-state index in [-0.39, 0.29) is 19.0 Å². The van der Waals surface area contributed by atoms with Gasteiger partial charge in [-0.3, -0.25) is 4.79 Å². The average Bonchev–Trinajstić information content (AvgIpc) is 3.59. The highest BCUT2D eigenvalue weighted by atomic mass is 16.3. The number of benzene rings is 3. The van der Waals surface area contributed by atoms with Crippen LogP contribution in [0.4, 0.5) is 5.82 Å². The van der Waals surface area contributed by atoms with Gasteiger partial charge in [-0.1, -0.05) is 54.6 Å². The molecule has 1 unspecified atom stereocenters. The van der Waals surface area contributed by atoms with Gasteiger partial charge in [-0.15, -0.1) is 0 Å². The number of aromatic nitrogens is 6. The van der Waals surface area contributed by atoms with Crippen molar-refractivity contribution in [2.75, 3.05) is 12.3 Å². The Kier molecular flexibility index (Phi) is 5.98. The number of nitrogens with two attached hydrogens (primary N) is 1. The van der Waals surface area contributed by atoms with Crippen LogP contribution in [0.1, 0.15) is 22.1 Å². The van der Waals surface area contributed by atoms with Crippen molar-refractivity contribution in [1.29, 1.82) is 0 Å². The molecule has 1 atom stereocenters. The molecular weight excluding hydrogens is 480 g/mol. The standard InChI is InChI=1S/C28H24N8O2/c29-25-23-24(20-11-12-21-22(15-20)31-16-30-21)34-36(26(23)33-17-32-25)14-13-35(27(37)18-7-3-1-4-8-18)28(38)19-9-5-2-6-10-19/h1-12,15-17,27,37H,13-14H2,(H,30,31)(H2,29,32,33). The number of carbonyl (C=O) groups is 1. The Hall–Kier alpha value is -5.09. The van der Waals surface area contributed by atoms with E-state index in [1.807, 2.05) is 42.5 Å². The van der Waals surface area contributed by atoms with Crippen LogP contribution < -0.4 is 5.73 Å². The van der Waals surface area contributed by atoms with Crippen molar-refractivity contribution in [3.63, 3.8) is 0 Å². The van der Waals surface area contributed by atoms with Gasteiger partial charge in [0.25, 0.3) is 5.91 Å². The van der Waals surface area contributed by atoms with E-state index in [1.54, 1.807) is 47.4 Å². The first-order valence-corrected chi connectivity index (χ1v) is 12.1. The van der Waals surface area contributed by atoms with Gasteiger partial charge < -0.3 is 20.7 Å². The number of H-pyrrole nitrogens is 1. The van der Waals surface area contributed by atoms with Crippen molar-refractivity contribution in [2.45, 2.75) is 12.8 Å². The van der Waals surface area contributed by atoms with E-state index in [9.17, 15) is 9.90 Å². The lowest BCUT2D eigenvalue weighted by atomic mass is 10.1. The van der Waals surface area contributed by atoms with Crippen LogP contribution in [0.25, 0.3) is 33.3 Å². The van der Waals surface area contributed by atoms with Crippen LogP contribution in [0.5, 0.6) is 0 Å². The number of amides is 1. The Balaban J connectivity index is 1.38. The third-order valence-corrected chi connectivity index (χ3v) is 6.48. The zero-order valence-corrected chi connectivity index (χ0v) is 20.3. The predicted molar refractivity (Wildman–Crippen MR) is 144 cm³/mol. The molecule has 0 bridgehead atoms. The molecular formula is C28H24N8O2. The SMILES string of the molecule is Nc1ncnc2c1c(-c1ccc3nc[nH]c3c1)nn2CCN(C(=O)c1ccccc1)C(O)c1ccccc1. The number of nitrogen functional groups attached to an aromatic ring is 1. The molecule has 0 radical (unpaired) electrons. The van der Waals surface area contributed by atoms with Gasteiger partial charge in [-0.2, -0.15) is 5.10 Å². The average molecular weight is 505 g/mol. The zero-order valence-electron chi connectivity index (χ0n) is 20.3. The molecule has 0 fully saturated rings.